The molecule has 1 saturated heterocycles. The average molecular weight is 317 g/mol. The van der Waals surface area contributed by atoms with Gasteiger partial charge in [0.15, 0.2) is 0 Å². The molecule has 0 bridgehead atoms. The predicted molar refractivity (Wildman–Crippen MR) is 90.9 cm³/mol. The van der Waals surface area contributed by atoms with Crippen LogP contribution in [-0.4, -0.2) is 61.7 Å². The number of carbonyl (C=O) groups is 1. The number of ether oxygens (including phenoxy) is 1. The zero-order valence-electron chi connectivity index (χ0n) is 14.0. The fourth-order valence-corrected chi connectivity index (χ4v) is 3.00. The van der Waals surface area contributed by atoms with Crippen molar-refractivity contribution in [1.29, 1.82) is 0 Å². The Morgan fingerprint density at radius 2 is 2.04 bits per heavy atom. The van der Waals surface area contributed by atoms with Crippen LogP contribution in [0.5, 0.6) is 5.75 Å². The minimum atomic E-state index is 0.128. The molecule has 0 atom stereocenters. The Bertz CT molecular complexity index is 523. The van der Waals surface area contributed by atoms with Gasteiger partial charge in [0, 0.05) is 32.2 Å². The number of hydrogen-bond donors (Lipinski definition) is 1. The molecule has 1 aromatic carbocycles. The van der Waals surface area contributed by atoms with Crippen LogP contribution in [0.15, 0.2) is 24.3 Å². The quantitative estimate of drug-likeness (QED) is 0.874. The zero-order chi connectivity index (χ0) is 16.1. The van der Waals surface area contributed by atoms with Crippen LogP contribution in [0, 0.1) is 0 Å². The largest absolute Gasteiger partial charge is 0.497 e. The second-order valence-corrected chi connectivity index (χ2v) is 6.51. The van der Waals surface area contributed by atoms with E-state index in [2.05, 4.69) is 22.3 Å². The molecule has 23 heavy (non-hydrogen) atoms. The molecule has 2 fully saturated rings. The van der Waals surface area contributed by atoms with Gasteiger partial charge < -0.3 is 15.0 Å². The van der Waals surface area contributed by atoms with E-state index in [1.54, 1.807) is 7.11 Å². The molecule has 1 saturated carbocycles. The SMILES string of the molecule is COc1cccc(CCCN2CCN(C(=O)NC3CC3)CC2)c1. The molecular formula is C18H27N3O2. The number of rotatable bonds is 6. The van der Waals surface area contributed by atoms with Gasteiger partial charge in [-0.15, -0.1) is 0 Å². The van der Waals surface area contributed by atoms with Crippen molar-refractivity contribution < 1.29 is 9.53 Å². The van der Waals surface area contributed by atoms with Gasteiger partial charge in [-0.25, -0.2) is 4.79 Å². The fourth-order valence-electron chi connectivity index (χ4n) is 3.00. The summed E-state index contributed by atoms with van der Waals surface area (Å²) in [6.45, 7) is 4.75. The van der Waals surface area contributed by atoms with Crippen LogP contribution in [0.1, 0.15) is 24.8 Å². The molecule has 3 rings (SSSR count). The number of piperazine rings is 1. The Morgan fingerprint density at radius 1 is 1.26 bits per heavy atom. The molecule has 5 heteroatoms. The van der Waals surface area contributed by atoms with E-state index in [1.165, 1.54) is 5.56 Å². The maximum Gasteiger partial charge on any atom is 0.317 e. The molecule has 1 N–H and O–H groups in total. The number of amides is 2. The van der Waals surface area contributed by atoms with Crippen LogP contribution in [-0.2, 0) is 6.42 Å². The average Bonchev–Trinajstić information content (AvgIpc) is 3.39. The lowest BCUT2D eigenvalue weighted by molar-refractivity contribution is 0.138. The van der Waals surface area contributed by atoms with Gasteiger partial charge in [-0.05, 0) is 49.9 Å². The third-order valence-corrected chi connectivity index (χ3v) is 4.64. The standard InChI is InChI=1S/C18H27N3O2/c1-23-17-6-2-4-15(14-17)5-3-9-20-10-12-21(13-11-20)18(22)19-16-7-8-16/h2,4,6,14,16H,3,5,7-13H2,1H3,(H,19,22). The van der Waals surface area contributed by atoms with E-state index in [0.717, 1.165) is 64.2 Å². The number of nitrogens with one attached hydrogen (secondary N) is 1. The summed E-state index contributed by atoms with van der Waals surface area (Å²) in [5.74, 6) is 0.929. The smallest absolute Gasteiger partial charge is 0.317 e. The van der Waals surface area contributed by atoms with Gasteiger partial charge in [0.2, 0.25) is 0 Å². The number of benzene rings is 1. The first kappa shape index (κ1) is 16.1. The molecule has 5 nitrogen and oxygen atoms in total. The minimum Gasteiger partial charge on any atom is -0.497 e. The Morgan fingerprint density at radius 3 is 2.74 bits per heavy atom. The number of carbonyl (C=O) groups excluding carboxylic acids is 1. The normalized spacial score (nSPS) is 18.7. The molecule has 2 amide bonds. The van der Waals surface area contributed by atoms with E-state index < -0.39 is 0 Å². The highest BCUT2D eigenvalue weighted by atomic mass is 16.5. The number of nitrogens with zero attached hydrogens (tertiary/aromatic N) is 2. The maximum absolute atomic E-state index is 12.0. The van der Waals surface area contributed by atoms with Crippen molar-refractivity contribution >= 4 is 6.03 Å². The van der Waals surface area contributed by atoms with Crippen molar-refractivity contribution in [3.63, 3.8) is 0 Å². The number of aryl methyl sites for hydroxylation is 1. The molecule has 0 spiro atoms. The van der Waals surface area contributed by atoms with Crippen molar-refractivity contribution in [3.05, 3.63) is 29.8 Å². The third kappa shape index (κ3) is 4.86. The molecule has 1 aromatic rings. The van der Waals surface area contributed by atoms with E-state index in [0.29, 0.717) is 6.04 Å². The number of hydrogen-bond acceptors (Lipinski definition) is 3. The van der Waals surface area contributed by atoms with Crippen LogP contribution in [0.3, 0.4) is 0 Å². The van der Waals surface area contributed by atoms with Crippen LogP contribution in [0.25, 0.3) is 0 Å². The van der Waals surface area contributed by atoms with E-state index in [1.807, 2.05) is 17.0 Å². The molecule has 0 radical (unpaired) electrons. The fraction of sp³-hybridized carbons (Fsp3) is 0.611. The topological polar surface area (TPSA) is 44.8 Å². The molecule has 1 aliphatic heterocycles. The van der Waals surface area contributed by atoms with Crippen LogP contribution >= 0.6 is 0 Å². The first-order valence-electron chi connectivity index (χ1n) is 8.65. The van der Waals surface area contributed by atoms with Gasteiger partial charge in [0.1, 0.15) is 5.75 Å². The molecule has 1 aliphatic carbocycles. The molecule has 2 aliphatic rings. The highest BCUT2D eigenvalue weighted by Gasteiger charge is 2.27. The second-order valence-electron chi connectivity index (χ2n) is 6.51. The van der Waals surface area contributed by atoms with Gasteiger partial charge in [0.25, 0.3) is 0 Å². The summed E-state index contributed by atoms with van der Waals surface area (Å²) in [6, 6.07) is 8.87. The monoisotopic (exact) mass is 317 g/mol. The molecule has 1 heterocycles. The number of methoxy groups -OCH3 is 1. The minimum absolute atomic E-state index is 0.128. The van der Waals surface area contributed by atoms with Gasteiger partial charge in [0.05, 0.1) is 7.11 Å². The van der Waals surface area contributed by atoms with Gasteiger partial charge >= 0.3 is 6.03 Å². The highest BCUT2D eigenvalue weighted by molar-refractivity contribution is 5.75. The first-order chi connectivity index (χ1) is 11.2. The van der Waals surface area contributed by atoms with Crippen LogP contribution in [0.4, 0.5) is 4.79 Å². The Balaban J connectivity index is 1.34. The summed E-state index contributed by atoms with van der Waals surface area (Å²) in [5.41, 5.74) is 1.33. The van der Waals surface area contributed by atoms with Crippen molar-refractivity contribution in [2.45, 2.75) is 31.7 Å². The second kappa shape index (κ2) is 7.68. The summed E-state index contributed by atoms with van der Waals surface area (Å²) >= 11 is 0. The predicted octanol–water partition coefficient (Wildman–Crippen LogP) is 2.12. The van der Waals surface area contributed by atoms with E-state index in [4.69, 9.17) is 4.74 Å². The Hall–Kier alpha value is -1.75. The number of urea groups is 1. The lowest BCUT2D eigenvalue weighted by atomic mass is 10.1. The van der Waals surface area contributed by atoms with E-state index >= 15 is 0 Å². The molecule has 126 valence electrons. The van der Waals surface area contributed by atoms with Crippen molar-refractivity contribution in [1.82, 2.24) is 15.1 Å². The maximum atomic E-state index is 12.0. The van der Waals surface area contributed by atoms with E-state index in [9.17, 15) is 4.79 Å². The molecular weight excluding hydrogens is 290 g/mol. The molecule has 0 unspecified atom stereocenters. The summed E-state index contributed by atoms with van der Waals surface area (Å²) in [5, 5.41) is 3.07. The van der Waals surface area contributed by atoms with Crippen molar-refractivity contribution in [3.8, 4) is 5.75 Å². The zero-order valence-corrected chi connectivity index (χ0v) is 14.0. The molecule has 0 aromatic heterocycles. The van der Waals surface area contributed by atoms with E-state index in [-0.39, 0.29) is 6.03 Å². The van der Waals surface area contributed by atoms with Gasteiger partial charge in [-0.3, -0.25) is 4.90 Å². The summed E-state index contributed by atoms with van der Waals surface area (Å²) in [4.78, 5) is 16.4. The Labute approximate surface area is 138 Å². The third-order valence-electron chi connectivity index (χ3n) is 4.64. The lowest BCUT2D eigenvalue weighted by Crippen LogP contribution is -2.52. The summed E-state index contributed by atoms with van der Waals surface area (Å²) in [6.07, 6.45) is 4.51. The van der Waals surface area contributed by atoms with Crippen molar-refractivity contribution in [2.75, 3.05) is 39.8 Å². The first-order valence-corrected chi connectivity index (χ1v) is 8.65. The van der Waals surface area contributed by atoms with Gasteiger partial charge in [-0.2, -0.15) is 0 Å². The van der Waals surface area contributed by atoms with Crippen LogP contribution < -0.4 is 10.1 Å². The summed E-state index contributed by atoms with van der Waals surface area (Å²) < 4.78 is 5.26. The van der Waals surface area contributed by atoms with Crippen LogP contribution in [0.2, 0.25) is 0 Å². The van der Waals surface area contributed by atoms with Crippen molar-refractivity contribution in [2.24, 2.45) is 0 Å². The highest BCUT2D eigenvalue weighted by Crippen LogP contribution is 2.19. The summed E-state index contributed by atoms with van der Waals surface area (Å²) in [7, 11) is 1.71. The lowest BCUT2D eigenvalue weighted by Gasteiger charge is -2.34. The van der Waals surface area contributed by atoms with Gasteiger partial charge in [-0.1, -0.05) is 12.1 Å². The Kier molecular flexibility index (Phi) is 5.39.